The number of likely N-dealkylation sites (tertiary alicyclic amines) is 1. The summed E-state index contributed by atoms with van der Waals surface area (Å²) in [7, 11) is 1.82. The van der Waals surface area contributed by atoms with Crippen LogP contribution < -0.4 is 10.6 Å². The van der Waals surface area contributed by atoms with Crippen LogP contribution in [0.15, 0.2) is 11.2 Å². The lowest BCUT2D eigenvalue weighted by Crippen LogP contribution is -2.40. The van der Waals surface area contributed by atoms with Crippen molar-refractivity contribution in [2.24, 2.45) is 16.8 Å². The van der Waals surface area contributed by atoms with Crippen LogP contribution in [0.5, 0.6) is 0 Å². The Kier molecular flexibility index (Phi) is 7.99. The van der Waals surface area contributed by atoms with Crippen molar-refractivity contribution < 1.29 is 0 Å². The van der Waals surface area contributed by atoms with Crippen LogP contribution in [0.1, 0.15) is 43.0 Å². The first-order valence-corrected chi connectivity index (χ1v) is 9.96. The fraction of sp³-hybridized carbons (Fsp3) is 0.778. The van der Waals surface area contributed by atoms with Gasteiger partial charge < -0.3 is 15.5 Å². The van der Waals surface area contributed by atoms with Gasteiger partial charge in [0.15, 0.2) is 5.96 Å². The molecule has 0 saturated carbocycles. The number of hydrogen-bond donors (Lipinski definition) is 2. The molecule has 0 amide bonds. The van der Waals surface area contributed by atoms with Gasteiger partial charge in [-0.25, -0.2) is 4.98 Å². The molecule has 0 spiro atoms. The largest absolute Gasteiger partial charge is 0.356 e. The molecule has 0 aromatic carbocycles. The lowest BCUT2D eigenvalue weighted by atomic mass is 9.92. The van der Waals surface area contributed by atoms with E-state index in [4.69, 9.17) is 0 Å². The predicted molar refractivity (Wildman–Crippen MR) is 104 cm³/mol. The third-order valence-corrected chi connectivity index (χ3v) is 5.35. The van der Waals surface area contributed by atoms with Gasteiger partial charge in [0.2, 0.25) is 0 Å². The van der Waals surface area contributed by atoms with Crippen molar-refractivity contribution in [1.82, 2.24) is 20.5 Å². The summed E-state index contributed by atoms with van der Waals surface area (Å²) in [4.78, 5) is 12.5. The van der Waals surface area contributed by atoms with Gasteiger partial charge in [0.1, 0.15) is 5.01 Å². The highest BCUT2D eigenvalue weighted by molar-refractivity contribution is 7.11. The molecule has 2 rings (SSSR count). The number of nitrogens with one attached hydrogen (secondary N) is 2. The van der Waals surface area contributed by atoms with E-state index in [9.17, 15) is 0 Å². The van der Waals surface area contributed by atoms with Crippen molar-refractivity contribution in [3.8, 4) is 0 Å². The maximum Gasteiger partial charge on any atom is 0.191 e. The van der Waals surface area contributed by atoms with Crippen molar-refractivity contribution in [1.29, 1.82) is 0 Å². The van der Waals surface area contributed by atoms with Gasteiger partial charge in [-0.2, -0.15) is 0 Å². The Morgan fingerprint density at radius 3 is 2.67 bits per heavy atom. The zero-order valence-corrected chi connectivity index (χ0v) is 16.5. The van der Waals surface area contributed by atoms with E-state index in [1.807, 2.05) is 13.2 Å². The highest BCUT2D eigenvalue weighted by atomic mass is 32.1. The molecular weight excluding hydrogens is 318 g/mol. The van der Waals surface area contributed by atoms with Gasteiger partial charge in [-0.15, -0.1) is 11.3 Å². The first kappa shape index (κ1) is 19.2. The molecule has 0 aliphatic carbocycles. The maximum atomic E-state index is 4.36. The lowest BCUT2D eigenvalue weighted by Gasteiger charge is -2.34. The summed E-state index contributed by atoms with van der Waals surface area (Å²) in [6.07, 6.45) is 5.73. The minimum atomic E-state index is 0.738. The fourth-order valence-corrected chi connectivity index (χ4v) is 4.23. The normalized spacial score (nSPS) is 22.6. The van der Waals surface area contributed by atoms with Crippen LogP contribution in [0.2, 0.25) is 0 Å². The molecule has 5 nitrogen and oxygen atoms in total. The molecule has 0 radical (unpaired) electrons. The second kappa shape index (κ2) is 9.99. The average Bonchev–Trinajstić information content (AvgIpc) is 2.94. The Morgan fingerprint density at radius 1 is 1.29 bits per heavy atom. The SMILES string of the molecule is CN=C(NCCCCN1CC(C)CC(C)C1)NCc1ncc(C)s1. The Bertz CT molecular complexity index is 503. The molecule has 1 saturated heterocycles. The molecule has 1 aliphatic rings. The van der Waals surface area contributed by atoms with Gasteiger partial charge in [-0.3, -0.25) is 4.99 Å². The van der Waals surface area contributed by atoms with Gasteiger partial charge in [0, 0.05) is 37.8 Å². The molecule has 2 atom stereocenters. The quantitative estimate of drug-likeness (QED) is 0.451. The summed E-state index contributed by atoms with van der Waals surface area (Å²) in [5, 5.41) is 7.83. The molecule has 1 aromatic heterocycles. The Balaban J connectivity index is 1.57. The van der Waals surface area contributed by atoms with Crippen LogP contribution in [0.4, 0.5) is 0 Å². The average molecular weight is 352 g/mol. The molecule has 1 aromatic rings. The van der Waals surface area contributed by atoms with Crippen LogP contribution in [-0.2, 0) is 6.54 Å². The van der Waals surface area contributed by atoms with E-state index in [-0.39, 0.29) is 0 Å². The molecule has 2 heterocycles. The number of thiazole rings is 1. The number of unbranched alkanes of at least 4 members (excludes halogenated alkanes) is 1. The van der Waals surface area contributed by atoms with Crippen LogP contribution in [0, 0.1) is 18.8 Å². The number of nitrogens with zero attached hydrogens (tertiary/aromatic N) is 3. The third kappa shape index (κ3) is 6.77. The molecule has 0 bridgehead atoms. The van der Waals surface area contributed by atoms with E-state index in [2.05, 4.69) is 46.3 Å². The smallest absolute Gasteiger partial charge is 0.191 e. The predicted octanol–water partition coefficient (Wildman–Crippen LogP) is 2.87. The highest BCUT2D eigenvalue weighted by Crippen LogP contribution is 2.20. The van der Waals surface area contributed by atoms with Crippen LogP contribution in [0.25, 0.3) is 0 Å². The number of aryl methyl sites for hydroxylation is 1. The Labute approximate surface area is 151 Å². The molecule has 2 unspecified atom stereocenters. The number of aromatic nitrogens is 1. The van der Waals surface area contributed by atoms with Crippen molar-refractivity contribution >= 4 is 17.3 Å². The highest BCUT2D eigenvalue weighted by Gasteiger charge is 2.20. The van der Waals surface area contributed by atoms with Crippen LogP contribution in [-0.4, -0.2) is 49.1 Å². The second-order valence-electron chi connectivity index (χ2n) is 7.13. The van der Waals surface area contributed by atoms with E-state index in [0.29, 0.717) is 0 Å². The summed E-state index contributed by atoms with van der Waals surface area (Å²) in [5.41, 5.74) is 0. The monoisotopic (exact) mass is 351 g/mol. The van der Waals surface area contributed by atoms with E-state index in [0.717, 1.165) is 35.9 Å². The van der Waals surface area contributed by atoms with E-state index in [1.165, 1.54) is 43.8 Å². The van der Waals surface area contributed by atoms with Gasteiger partial charge in [0.05, 0.1) is 6.54 Å². The number of piperidine rings is 1. The van der Waals surface area contributed by atoms with E-state index < -0.39 is 0 Å². The minimum Gasteiger partial charge on any atom is -0.356 e. The molecule has 136 valence electrons. The zero-order chi connectivity index (χ0) is 17.4. The number of aliphatic imine (C=N–C) groups is 1. The van der Waals surface area contributed by atoms with Crippen molar-refractivity contribution in [3.63, 3.8) is 0 Å². The van der Waals surface area contributed by atoms with Crippen molar-refractivity contribution in [3.05, 3.63) is 16.1 Å². The first-order chi connectivity index (χ1) is 11.6. The minimum absolute atomic E-state index is 0.738. The molecular formula is C18H33N5S. The number of hydrogen-bond acceptors (Lipinski definition) is 4. The summed E-state index contributed by atoms with van der Waals surface area (Å²) in [5.74, 6) is 2.57. The topological polar surface area (TPSA) is 52.6 Å². The zero-order valence-electron chi connectivity index (χ0n) is 15.6. The molecule has 24 heavy (non-hydrogen) atoms. The molecule has 1 aliphatic heterocycles. The van der Waals surface area contributed by atoms with Crippen molar-refractivity contribution in [2.45, 2.75) is 46.6 Å². The lowest BCUT2D eigenvalue weighted by molar-refractivity contribution is 0.139. The fourth-order valence-electron chi connectivity index (χ4n) is 3.50. The first-order valence-electron chi connectivity index (χ1n) is 9.15. The summed E-state index contributed by atoms with van der Waals surface area (Å²) in [6.45, 7) is 12.3. The van der Waals surface area contributed by atoms with Gasteiger partial charge in [-0.1, -0.05) is 13.8 Å². The third-order valence-electron chi connectivity index (χ3n) is 4.44. The van der Waals surface area contributed by atoms with E-state index >= 15 is 0 Å². The summed E-state index contributed by atoms with van der Waals surface area (Å²) in [6, 6.07) is 0. The maximum absolute atomic E-state index is 4.36. The summed E-state index contributed by atoms with van der Waals surface area (Å²) >= 11 is 1.73. The van der Waals surface area contributed by atoms with Crippen LogP contribution in [0.3, 0.4) is 0 Å². The van der Waals surface area contributed by atoms with Gasteiger partial charge in [-0.05, 0) is 44.6 Å². The summed E-state index contributed by atoms with van der Waals surface area (Å²) < 4.78 is 0. The van der Waals surface area contributed by atoms with Crippen molar-refractivity contribution in [2.75, 3.05) is 33.2 Å². The second-order valence-corrected chi connectivity index (χ2v) is 8.45. The molecule has 1 fully saturated rings. The van der Waals surface area contributed by atoms with E-state index in [1.54, 1.807) is 11.3 Å². The Morgan fingerprint density at radius 2 is 2.04 bits per heavy atom. The van der Waals surface area contributed by atoms with Crippen LogP contribution >= 0.6 is 11.3 Å². The Hall–Kier alpha value is -1.14. The molecule has 2 N–H and O–H groups in total. The number of guanidine groups is 1. The van der Waals surface area contributed by atoms with Gasteiger partial charge >= 0.3 is 0 Å². The van der Waals surface area contributed by atoms with Gasteiger partial charge in [0.25, 0.3) is 0 Å². The molecule has 6 heteroatoms. The number of rotatable bonds is 7. The standard InChI is InChI=1S/C18H33N5S/c1-14-9-15(2)13-23(12-14)8-6-5-7-20-18(19-4)22-11-17-21-10-16(3)24-17/h10,14-15H,5-9,11-13H2,1-4H3,(H2,19,20,22).